The molecule has 1 aliphatic heterocycles. The highest BCUT2D eigenvalue weighted by molar-refractivity contribution is 6.00. The molecule has 0 aromatic heterocycles. The molecule has 1 saturated heterocycles. The molecule has 1 amide bonds. The minimum atomic E-state index is -0.597. The van der Waals surface area contributed by atoms with E-state index in [9.17, 15) is 14.4 Å². The van der Waals surface area contributed by atoms with Crippen molar-refractivity contribution in [3.63, 3.8) is 0 Å². The molecule has 1 heterocycles. The van der Waals surface area contributed by atoms with E-state index in [2.05, 4.69) is 20.1 Å². The van der Waals surface area contributed by atoms with Gasteiger partial charge in [0.25, 0.3) is 0 Å². The lowest BCUT2D eigenvalue weighted by atomic mass is 9.88. The Labute approximate surface area is 134 Å². The highest BCUT2D eigenvalue weighted by atomic mass is 16.5. The maximum Gasteiger partial charge on any atom is 0.337 e. The van der Waals surface area contributed by atoms with E-state index in [-0.39, 0.29) is 17.0 Å². The first-order valence-corrected chi connectivity index (χ1v) is 7.23. The Morgan fingerprint density at radius 3 is 2.09 bits per heavy atom. The molecule has 0 bridgehead atoms. The number of esters is 2. The average molecular weight is 320 g/mol. The second-order valence-electron chi connectivity index (χ2n) is 5.72. The highest BCUT2D eigenvalue weighted by Crippen LogP contribution is 2.27. The third-order valence-corrected chi connectivity index (χ3v) is 3.95. The first-order valence-electron chi connectivity index (χ1n) is 7.23. The van der Waals surface area contributed by atoms with Crippen molar-refractivity contribution in [1.82, 2.24) is 5.32 Å². The van der Waals surface area contributed by atoms with Gasteiger partial charge < -0.3 is 20.1 Å². The molecular formula is C16H20N2O5. The first kappa shape index (κ1) is 17.0. The van der Waals surface area contributed by atoms with E-state index in [1.807, 2.05) is 6.92 Å². The molecule has 7 nitrogen and oxygen atoms in total. The van der Waals surface area contributed by atoms with Crippen molar-refractivity contribution in [3.05, 3.63) is 29.3 Å². The molecule has 1 atom stereocenters. The minimum Gasteiger partial charge on any atom is -0.465 e. The summed E-state index contributed by atoms with van der Waals surface area (Å²) in [6, 6.07) is 4.32. The molecule has 23 heavy (non-hydrogen) atoms. The molecule has 0 aliphatic carbocycles. The molecule has 0 radical (unpaired) electrons. The zero-order valence-corrected chi connectivity index (χ0v) is 13.4. The topological polar surface area (TPSA) is 93.7 Å². The van der Waals surface area contributed by atoms with E-state index in [1.54, 1.807) is 0 Å². The number of carbonyl (C=O) groups excluding carboxylic acids is 3. The Bertz CT molecular complexity index is 601. The minimum absolute atomic E-state index is 0.166. The van der Waals surface area contributed by atoms with Crippen molar-refractivity contribution in [3.8, 4) is 0 Å². The number of nitrogens with one attached hydrogen (secondary N) is 2. The number of amides is 1. The summed E-state index contributed by atoms with van der Waals surface area (Å²) in [6.45, 7) is 3.23. The van der Waals surface area contributed by atoms with Crippen LogP contribution in [0.5, 0.6) is 0 Å². The van der Waals surface area contributed by atoms with Crippen molar-refractivity contribution in [2.75, 3.05) is 32.6 Å². The highest BCUT2D eigenvalue weighted by Gasteiger charge is 2.36. The van der Waals surface area contributed by atoms with Gasteiger partial charge in [0.2, 0.25) is 5.91 Å². The van der Waals surface area contributed by atoms with Gasteiger partial charge in [0.1, 0.15) is 0 Å². The summed E-state index contributed by atoms with van der Waals surface area (Å²) in [5.74, 6) is -1.36. The largest absolute Gasteiger partial charge is 0.465 e. The SMILES string of the molecule is COC(=O)c1cc(NC(=O)C2(C)CCNC2)cc(C(=O)OC)c1. The summed E-state index contributed by atoms with van der Waals surface area (Å²) < 4.78 is 9.34. The molecule has 1 aliphatic rings. The summed E-state index contributed by atoms with van der Waals surface area (Å²) in [7, 11) is 2.49. The fourth-order valence-corrected chi connectivity index (χ4v) is 2.46. The Balaban J connectivity index is 2.31. The van der Waals surface area contributed by atoms with Crippen LogP contribution in [0.25, 0.3) is 0 Å². The van der Waals surface area contributed by atoms with Gasteiger partial charge in [-0.1, -0.05) is 0 Å². The third kappa shape index (κ3) is 3.68. The number of benzene rings is 1. The smallest absolute Gasteiger partial charge is 0.337 e. The standard InChI is InChI=1S/C16H20N2O5/c1-16(4-5-17-9-16)15(21)18-12-7-10(13(19)22-2)6-11(8-12)14(20)23-3/h6-8,17H,4-5,9H2,1-3H3,(H,18,21). The van der Waals surface area contributed by atoms with E-state index in [0.717, 1.165) is 13.0 Å². The van der Waals surface area contributed by atoms with Crippen molar-refractivity contribution in [2.45, 2.75) is 13.3 Å². The number of hydrogen-bond acceptors (Lipinski definition) is 6. The van der Waals surface area contributed by atoms with Crippen molar-refractivity contribution >= 4 is 23.5 Å². The van der Waals surface area contributed by atoms with Crippen LogP contribution in [0.1, 0.15) is 34.1 Å². The van der Waals surface area contributed by atoms with Crippen LogP contribution in [0.15, 0.2) is 18.2 Å². The summed E-state index contributed by atoms with van der Waals surface area (Å²) >= 11 is 0. The van der Waals surface area contributed by atoms with Gasteiger partial charge in [-0.2, -0.15) is 0 Å². The first-order chi connectivity index (χ1) is 10.9. The summed E-state index contributed by atoms with van der Waals surface area (Å²) in [4.78, 5) is 35.9. The molecular weight excluding hydrogens is 300 g/mol. The van der Waals surface area contributed by atoms with E-state index in [1.165, 1.54) is 32.4 Å². The van der Waals surface area contributed by atoms with E-state index >= 15 is 0 Å². The number of anilines is 1. The summed E-state index contributed by atoms with van der Waals surface area (Å²) in [5.41, 5.74) is 0.166. The van der Waals surface area contributed by atoms with Gasteiger partial charge in [-0.05, 0) is 38.1 Å². The Hall–Kier alpha value is -2.41. The van der Waals surface area contributed by atoms with Crippen LogP contribution in [0.2, 0.25) is 0 Å². The van der Waals surface area contributed by atoms with Gasteiger partial charge in [0, 0.05) is 12.2 Å². The van der Waals surface area contributed by atoms with E-state index in [4.69, 9.17) is 0 Å². The zero-order valence-electron chi connectivity index (χ0n) is 13.4. The molecule has 2 N–H and O–H groups in total. The van der Waals surface area contributed by atoms with Crippen molar-refractivity contribution < 1.29 is 23.9 Å². The van der Waals surface area contributed by atoms with Crippen LogP contribution in [0.4, 0.5) is 5.69 Å². The van der Waals surface area contributed by atoms with Crippen LogP contribution >= 0.6 is 0 Å². The lowest BCUT2D eigenvalue weighted by molar-refractivity contribution is -0.123. The normalized spacial score (nSPS) is 20.0. The number of hydrogen-bond donors (Lipinski definition) is 2. The van der Waals surface area contributed by atoms with Crippen LogP contribution < -0.4 is 10.6 Å². The fraction of sp³-hybridized carbons (Fsp3) is 0.438. The van der Waals surface area contributed by atoms with Crippen LogP contribution in [0.3, 0.4) is 0 Å². The second kappa shape index (κ2) is 6.78. The van der Waals surface area contributed by atoms with Gasteiger partial charge in [0.05, 0.1) is 30.8 Å². The molecule has 124 valence electrons. The van der Waals surface area contributed by atoms with Gasteiger partial charge >= 0.3 is 11.9 Å². The Kier molecular flexibility index (Phi) is 5.00. The summed E-state index contributed by atoms with van der Waals surface area (Å²) in [5, 5.41) is 5.92. The van der Waals surface area contributed by atoms with Gasteiger partial charge in [-0.15, -0.1) is 0 Å². The Morgan fingerprint density at radius 1 is 1.09 bits per heavy atom. The van der Waals surface area contributed by atoms with Crippen molar-refractivity contribution in [2.24, 2.45) is 5.41 Å². The molecule has 1 aromatic carbocycles. The maximum atomic E-state index is 12.5. The fourth-order valence-electron chi connectivity index (χ4n) is 2.46. The lowest BCUT2D eigenvalue weighted by Gasteiger charge is -2.21. The number of rotatable bonds is 4. The second-order valence-corrected chi connectivity index (χ2v) is 5.72. The molecule has 1 unspecified atom stereocenters. The Morgan fingerprint density at radius 2 is 1.65 bits per heavy atom. The van der Waals surface area contributed by atoms with Crippen LogP contribution in [-0.2, 0) is 14.3 Å². The summed E-state index contributed by atoms with van der Waals surface area (Å²) in [6.07, 6.45) is 0.722. The van der Waals surface area contributed by atoms with Gasteiger partial charge in [-0.3, -0.25) is 4.79 Å². The van der Waals surface area contributed by atoms with Crippen LogP contribution in [-0.4, -0.2) is 45.2 Å². The van der Waals surface area contributed by atoms with E-state index in [0.29, 0.717) is 12.2 Å². The van der Waals surface area contributed by atoms with Gasteiger partial charge in [-0.25, -0.2) is 9.59 Å². The predicted octanol–water partition coefficient (Wildman–Crippen LogP) is 1.20. The van der Waals surface area contributed by atoms with Crippen molar-refractivity contribution in [1.29, 1.82) is 0 Å². The third-order valence-electron chi connectivity index (χ3n) is 3.95. The maximum absolute atomic E-state index is 12.5. The predicted molar refractivity (Wildman–Crippen MR) is 83.3 cm³/mol. The number of methoxy groups -OCH3 is 2. The van der Waals surface area contributed by atoms with Crippen LogP contribution in [0, 0.1) is 5.41 Å². The lowest BCUT2D eigenvalue weighted by Crippen LogP contribution is -2.35. The number of ether oxygens (including phenoxy) is 2. The monoisotopic (exact) mass is 320 g/mol. The van der Waals surface area contributed by atoms with E-state index < -0.39 is 17.4 Å². The average Bonchev–Trinajstić information content (AvgIpc) is 3.01. The molecule has 0 spiro atoms. The quantitative estimate of drug-likeness (QED) is 0.810. The zero-order chi connectivity index (χ0) is 17.0. The number of carbonyl (C=O) groups is 3. The molecule has 1 fully saturated rings. The van der Waals surface area contributed by atoms with Gasteiger partial charge in [0.15, 0.2) is 0 Å². The molecule has 1 aromatic rings. The molecule has 2 rings (SSSR count). The molecule has 7 heteroatoms. The molecule has 0 saturated carbocycles.